The smallest absolute Gasteiger partial charge is 0.267 e. The Morgan fingerprint density at radius 3 is 2.65 bits per heavy atom. The molecule has 0 fully saturated rings. The molecule has 104 valence electrons. The minimum Gasteiger partial charge on any atom is -0.309 e. The summed E-state index contributed by atoms with van der Waals surface area (Å²) in [6.45, 7) is 5.23. The molecule has 1 N–H and O–H groups in total. The maximum atomic E-state index is 12.1. The number of nitrogens with zero attached hydrogens (tertiary/aromatic N) is 3. The first kappa shape index (κ1) is 13.9. The number of carbonyl (C=O) groups is 1. The van der Waals surface area contributed by atoms with Crippen molar-refractivity contribution >= 4 is 11.7 Å². The van der Waals surface area contributed by atoms with E-state index in [1.165, 1.54) is 10.7 Å². The van der Waals surface area contributed by atoms with Gasteiger partial charge in [-0.05, 0) is 39.0 Å². The Balaban J connectivity index is 2.20. The lowest BCUT2D eigenvalue weighted by Gasteiger charge is -2.14. The molecule has 1 atom stereocenters. The molecular weight excluding hydrogens is 256 g/mol. The summed E-state index contributed by atoms with van der Waals surface area (Å²) < 4.78 is 1.17. The average molecular weight is 272 g/mol. The number of nitrogens with one attached hydrogen (secondary N) is 1. The molecule has 0 radical (unpaired) electrons. The average Bonchev–Trinajstić information content (AvgIpc) is 2.40. The fourth-order valence-corrected chi connectivity index (χ4v) is 1.75. The maximum Gasteiger partial charge on any atom is 0.267 e. The van der Waals surface area contributed by atoms with Crippen LogP contribution in [0.3, 0.4) is 0 Å². The SMILES string of the molecule is Cc1cccc(NC(=O)C(C)n2nc(C)ccc2=O)n1. The quantitative estimate of drug-likeness (QED) is 0.917. The van der Waals surface area contributed by atoms with E-state index in [1.807, 2.05) is 13.0 Å². The molecule has 0 aliphatic heterocycles. The summed E-state index contributed by atoms with van der Waals surface area (Å²) in [6, 6.07) is 7.66. The van der Waals surface area contributed by atoms with Crippen LogP contribution in [0.15, 0.2) is 35.1 Å². The number of anilines is 1. The lowest BCUT2D eigenvalue weighted by Crippen LogP contribution is -2.33. The van der Waals surface area contributed by atoms with Crippen molar-refractivity contribution in [3.05, 3.63) is 52.1 Å². The molecule has 0 bridgehead atoms. The van der Waals surface area contributed by atoms with Crippen LogP contribution in [0.2, 0.25) is 0 Å². The topological polar surface area (TPSA) is 76.9 Å². The Bertz CT molecular complexity index is 694. The summed E-state index contributed by atoms with van der Waals surface area (Å²) in [5.74, 6) is 0.130. The van der Waals surface area contributed by atoms with Crippen molar-refractivity contribution in [2.45, 2.75) is 26.8 Å². The Labute approximate surface area is 116 Å². The van der Waals surface area contributed by atoms with E-state index in [0.29, 0.717) is 11.5 Å². The number of hydrogen-bond acceptors (Lipinski definition) is 4. The molecule has 2 aromatic rings. The van der Waals surface area contributed by atoms with Crippen LogP contribution in [0.4, 0.5) is 5.82 Å². The lowest BCUT2D eigenvalue weighted by molar-refractivity contribution is -0.119. The highest BCUT2D eigenvalue weighted by atomic mass is 16.2. The number of aromatic nitrogens is 3. The first-order valence-corrected chi connectivity index (χ1v) is 6.28. The second-order valence-electron chi connectivity index (χ2n) is 4.59. The second-order valence-corrected chi connectivity index (χ2v) is 4.59. The van der Waals surface area contributed by atoms with Crippen molar-refractivity contribution in [2.75, 3.05) is 5.32 Å². The molecule has 6 nitrogen and oxygen atoms in total. The van der Waals surface area contributed by atoms with Crippen LogP contribution in [0.5, 0.6) is 0 Å². The van der Waals surface area contributed by atoms with E-state index in [9.17, 15) is 9.59 Å². The standard InChI is InChI=1S/C14H16N4O2/c1-9-5-4-6-12(15-9)16-14(20)11(3)18-13(19)8-7-10(2)17-18/h4-8,11H,1-3H3,(H,15,16,20). The highest BCUT2D eigenvalue weighted by molar-refractivity contribution is 5.92. The zero-order valence-electron chi connectivity index (χ0n) is 11.6. The third-order valence-electron chi connectivity index (χ3n) is 2.84. The van der Waals surface area contributed by atoms with Crippen molar-refractivity contribution in [1.29, 1.82) is 0 Å². The predicted octanol–water partition coefficient (Wildman–Crippen LogP) is 1.45. The summed E-state index contributed by atoms with van der Waals surface area (Å²) in [6.07, 6.45) is 0. The molecule has 20 heavy (non-hydrogen) atoms. The summed E-state index contributed by atoms with van der Waals surface area (Å²) in [5.41, 5.74) is 1.18. The van der Waals surface area contributed by atoms with Gasteiger partial charge in [0.15, 0.2) is 0 Å². The Morgan fingerprint density at radius 1 is 1.20 bits per heavy atom. The van der Waals surface area contributed by atoms with Crippen LogP contribution in [-0.4, -0.2) is 20.7 Å². The van der Waals surface area contributed by atoms with E-state index in [1.54, 1.807) is 32.0 Å². The summed E-state index contributed by atoms with van der Waals surface area (Å²) in [7, 11) is 0. The van der Waals surface area contributed by atoms with E-state index in [-0.39, 0.29) is 11.5 Å². The molecule has 1 amide bonds. The maximum absolute atomic E-state index is 12.1. The van der Waals surface area contributed by atoms with Crippen molar-refractivity contribution < 1.29 is 4.79 Å². The van der Waals surface area contributed by atoms with Crippen molar-refractivity contribution in [2.24, 2.45) is 0 Å². The molecule has 2 heterocycles. The number of pyridine rings is 1. The van der Waals surface area contributed by atoms with Crippen LogP contribution in [0.25, 0.3) is 0 Å². The van der Waals surface area contributed by atoms with E-state index in [4.69, 9.17) is 0 Å². The van der Waals surface area contributed by atoms with Gasteiger partial charge < -0.3 is 5.32 Å². The normalized spacial score (nSPS) is 11.9. The van der Waals surface area contributed by atoms with Crippen LogP contribution in [0, 0.1) is 13.8 Å². The monoisotopic (exact) mass is 272 g/mol. The molecule has 6 heteroatoms. The van der Waals surface area contributed by atoms with Gasteiger partial charge in [-0.25, -0.2) is 9.67 Å². The molecule has 1 unspecified atom stereocenters. The minimum absolute atomic E-state index is 0.310. The van der Waals surface area contributed by atoms with Gasteiger partial charge in [0.05, 0.1) is 5.69 Å². The number of aryl methyl sites for hydroxylation is 2. The van der Waals surface area contributed by atoms with E-state index in [0.717, 1.165) is 5.69 Å². The fourth-order valence-electron chi connectivity index (χ4n) is 1.75. The van der Waals surface area contributed by atoms with Gasteiger partial charge in [0, 0.05) is 11.8 Å². The zero-order chi connectivity index (χ0) is 14.7. The number of rotatable bonds is 3. The molecule has 0 aromatic carbocycles. The van der Waals surface area contributed by atoms with Crippen molar-refractivity contribution in [1.82, 2.24) is 14.8 Å². The van der Waals surface area contributed by atoms with Gasteiger partial charge in [-0.1, -0.05) is 6.07 Å². The molecule has 0 saturated heterocycles. The van der Waals surface area contributed by atoms with Gasteiger partial charge in [0.25, 0.3) is 5.56 Å². The summed E-state index contributed by atoms with van der Waals surface area (Å²) in [5, 5.41) is 6.75. The van der Waals surface area contributed by atoms with Gasteiger partial charge in [-0.2, -0.15) is 5.10 Å². The number of amides is 1. The van der Waals surface area contributed by atoms with Gasteiger partial charge in [-0.3, -0.25) is 9.59 Å². The first-order valence-electron chi connectivity index (χ1n) is 6.28. The highest BCUT2D eigenvalue weighted by Crippen LogP contribution is 2.08. The van der Waals surface area contributed by atoms with Crippen molar-refractivity contribution in [3.8, 4) is 0 Å². The predicted molar refractivity (Wildman–Crippen MR) is 75.5 cm³/mol. The van der Waals surface area contributed by atoms with Gasteiger partial charge in [0.2, 0.25) is 5.91 Å². The lowest BCUT2D eigenvalue weighted by atomic mass is 10.3. The highest BCUT2D eigenvalue weighted by Gasteiger charge is 2.17. The van der Waals surface area contributed by atoms with Crippen LogP contribution >= 0.6 is 0 Å². The zero-order valence-corrected chi connectivity index (χ0v) is 11.6. The van der Waals surface area contributed by atoms with Gasteiger partial charge in [-0.15, -0.1) is 0 Å². The Hall–Kier alpha value is -2.50. The molecule has 0 aliphatic rings. The fraction of sp³-hybridized carbons (Fsp3) is 0.286. The van der Waals surface area contributed by atoms with E-state index >= 15 is 0 Å². The summed E-state index contributed by atoms with van der Waals surface area (Å²) in [4.78, 5) is 28.1. The van der Waals surface area contributed by atoms with Gasteiger partial charge in [0.1, 0.15) is 11.9 Å². The summed E-state index contributed by atoms with van der Waals surface area (Å²) >= 11 is 0. The molecule has 2 aromatic heterocycles. The molecule has 2 rings (SSSR count). The third-order valence-corrected chi connectivity index (χ3v) is 2.84. The number of carbonyl (C=O) groups excluding carboxylic acids is 1. The molecule has 0 aliphatic carbocycles. The first-order chi connectivity index (χ1) is 9.47. The second kappa shape index (κ2) is 5.64. The Kier molecular flexibility index (Phi) is 3.93. The van der Waals surface area contributed by atoms with Gasteiger partial charge >= 0.3 is 0 Å². The molecule has 0 saturated carbocycles. The third kappa shape index (κ3) is 3.09. The molecule has 0 spiro atoms. The van der Waals surface area contributed by atoms with Crippen LogP contribution in [-0.2, 0) is 4.79 Å². The van der Waals surface area contributed by atoms with Crippen LogP contribution < -0.4 is 10.9 Å². The molecular formula is C14H16N4O2. The largest absolute Gasteiger partial charge is 0.309 e. The Morgan fingerprint density at radius 2 is 1.95 bits per heavy atom. The van der Waals surface area contributed by atoms with Crippen LogP contribution in [0.1, 0.15) is 24.4 Å². The van der Waals surface area contributed by atoms with Crippen molar-refractivity contribution in [3.63, 3.8) is 0 Å². The minimum atomic E-state index is -0.704. The van der Waals surface area contributed by atoms with E-state index in [2.05, 4.69) is 15.4 Å². The number of hydrogen-bond donors (Lipinski definition) is 1. The van der Waals surface area contributed by atoms with E-state index < -0.39 is 6.04 Å².